The number of rotatable bonds is 4. The molecule has 0 spiro atoms. The third-order valence-corrected chi connectivity index (χ3v) is 3.63. The van der Waals surface area contributed by atoms with Gasteiger partial charge in [0.15, 0.2) is 5.84 Å². The standard InChI is InChI=1S/C18H17N5/c19-18(22-23-20)15-7-9-17(10-8-15)21-12-13-5-6-14-3-1-2-4-16(14)11-13/h1-11,21H,12H2,(H3,19,20,22). The second-order valence-corrected chi connectivity index (χ2v) is 5.18. The van der Waals surface area contributed by atoms with E-state index >= 15 is 0 Å². The molecule has 0 unspecified atom stereocenters. The van der Waals surface area contributed by atoms with Crippen molar-refractivity contribution in [3.8, 4) is 0 Å². The zero-order chi connectivity index (χ0) is 16.1. The van der Waals surface area contributed by atoms with Crippen molar-refractivity contribution in [2.45, 2.75) is 6.54 Å². The highest BCUT2D eigenvalue weighted by Gasteiger charge is 2.01. The molecule has 5 nitrogen and oxygen atoms in total. The summed E-state index contributed by atoms with van der Waals surface area (Å²) in [5.74, 6) is 5.00. The first-order valence-corrected chi connectivity index (χ1v) is 7.28. The SMILES string of the molecule is N=C(N=NN)c1ccc(NCc2ccc3ccccc3c2)cc1. The fraction of sp³-hybridized carbons (Fsp3) is 0.0556. The van der Waals surface area contributed by atoms with Crippen LogP contribution in [-0.2, 0) is 6.54 Å². The molecule has 5 heteroatoms. The van der Waals surface area contributed by atoms with Gasteiger partial charge >= 0.3 is 0 Å². The van der Waals surface area contributed by atoms with Crippen LogP contribution in [0.3, 0.4) is 0 Å². The number of benzene rings is 3. The zero-order valence-electron chi connectivity index (χ0n) is 12.5. The second-order valence-electron chi connectivity index (χ2n) is 5.18. The van der Waals surface area contributed by atoms with Crippen molar-refractivity contribution in [2.24, 2.45) is 16.2 Å². The quantitative estimate of drug-likeness (QED) is 0.223. The lowest BCUT2D eigenvalue weighted by atomic mass is 10.1. The van der Waals surface area contributed by atoms with E-state index in [-0.39, 0.29) is 5.84 Å². The number of nitrogens with two attached hydrogens (primary N) is 1. The monoisotopic (exact) mass is 303 g/mol. The Labute approximate surface area is 134 Å². The molecule has 0 saturated heterocycles. The number of fused-ring (bicyclic) bond motifs is 1. The van der Waals surface area contributed by atoms with Gasteiger partial charge in [0.1, 0.15) is 0 Å². The molecule has 3 aromatic rings. The van der Waals surface area contributed by atoms with Crippen molar-refractivity contribution in [2.75, 3.05) is 5.32 Å². The van der Waals surface area contributed by atoms with Crippen molar-refractivity contribution in [3.63, 3.8) is 0 Å². The Hall–Kier alpha value is -3.21. The highest BCUT2D eigenvalue weighted by molar-refractivity contribution is 5.96. The lowest BCUT2D eigenvalue weighted by Gasteiger charge is -2.08. The van der Waals surface area contributed by atoms with Crippen LogP contribution in [-0.4, -0.2) is 5.84 Å². The Morgan fingerprint density at radius 2 is 1.70 bits per heavy atom. The van der Waals surface area contributed by atoms with Crippen LogP contribution in [0.4, 0.5) is 5.69 Å². The molecule has 3 aromatic carbocycles. The average molecular weight is 303 g/mol. The summed E-state index contributed by atoms with van der Waals surface area (Å²) in [4.78, 5) is 0. The van der Waals surface area contributed by atoms with Gasteiger partial charge in [-0.05, 0) is 46.7 Å². The minimum Gasteiger partial charge on any atom is -0.381 e. The Balaban J connectivity index is 1.68. The molecule has 23 heavy (non-hydrogen) atoms. The molecule has 0 amide bonds. The molecule has 0 aliphatic rings. The molecule has 0 saturated carbocycles. The second kappa shape index (κ2) is 6.70. The van der Waals surface area contributed by atoms with E-state index in [9.17, 15) is 0 Å². The summed E-state index contributed by atoms with van der Waals surface area (Å²) in [6.45, 7) is 0.740. The highest BCUT2D eigenvalue weighted by Crippen LogP contribution is 2.17. The van der Waals surface area contributed by atoms with E-state index in [4.69, 9.17) is 11.3 Å². The molecule has 0 aliphatic heterocycles. The first-order chi connectivity index (χ1) is 11.3. The molecular weight excluding hydrogens is 286 g/mol. The van der Waals surface area contributed by atoms with Gasteiger partial charge in [0, 0.05) is 17.8 Å². The molecule has 0 bridgehead atoms. The largest absolute Gasteiger partial charge is 0.381 e. The number of nitrogens with zero attached hydrogens (tertiary/aromatic N) is 2. The van der Waals surface area contributed by atoms with E-state index in [2.05, 4.69) is 46.0 Å². The summed E-state index contributed by atoms with van der Waals surface area (Å²) in [6.07, 6.45) is 0. The van der Waals surface area contributed by atoms with E-state index in [1.54, 1.807) is 0 Å². The van der Waals surface area contributed by atoms with Gasteiger partial charge in [-0.15, -0.1) is 5.11 Å². The summed E-state index contributed by atoms with van der Waals surface area (Å²) >= 11 is 0. The number of nitrogens with one attached hydrogen (secondary N) is 2. The fourth-order valence-corrected chi connectivity index (χ4v) is 2.41. The first-order valence-electron chi connectivity index (χ1n) is 7.28. The van der Waals surface area contributed by atoms with Gasteiger partial charge in [-0.3, -0.25) is 5.41 Å². The van der Waals surface area contributed by atoms with E-state index in [0.717, 1.165) is 12.2 Å². The minimum absolute atomic E-state index is 0.0496. The van der Waals surface area contributed by atoms with Crippen molar-refractivity contribution >= 4 is 22.3 Å². The number of hydrogen-bond donors (Lipinski definition) is 3. The van der Waals surface area contributed by atoms with Gasteiger partial charge in [0.2, 0.25) is 0 Å². The van der Waals surface area contributed by atoms with Crippen LogP contribution in [0.1, 0.15) is 11.1 Å². The van der Waals surface area contributed by atoms with E-state index in [1.807, 2.05) is 36.4 Å². The van der Waals surface area contributed by atoms with Crippen LogP contribution in [0.5, 0.6) is 0 Å². The maximum atomic E-state index is 7.65. The Bertz CT molecular complexity index is 853. The molecular formula is C18H17N5. The van der Waals surface area contributed by atoms with Crippen LogP contribution in [0, 0.1) is 5.41 Å². The Morgan fingerprint density at radius 3 is 2.43 bits per heavy atom. The van der Waals surface area contributed by atoms with Gasteiger partial charge < -0.3 is 11.2 Å². The molecule has 4 N–H and O–H groups in total. The maximum absolute atomic E-state index is 7.65. The Kier molecular flexibility index (Phi) is 4.29. The summed E-state index contributed by atoms with van der Waals surface area (Å²) in [5, 5.41) is 20.1. The van der Waals surface area contributed by atoms with Crippen molar-refractivity contribution in [3.05, 3.63) is 77.9 Å². The van der Waals surface area contributed by atoms with Crippen molar-refractivity contribution < 1.29 is 0 Å². The lowest BCUT2D eigenvalue weighted by molar-refractivity contribution is 1.07. The summed E-state index contributed by atoms with van der Waals surface area (Å²) in [7, 11) is 0. The van der Waals surface area contributed by atoms with Crippen LogP contribution < -0.4 is 11.2 Å². The summed E-state index contributed by atoms with van der Waals surface area (Å²) in [6, 6.07) is 22.2. The van der Waals surface area contributed by atoms with Gasteiger partial charge in [-0.25, -0.2) is 0 Å². The van der Waals surface area contributed by atoms with Gasteiger partial charge in [0.25, 0.3) is 0 Å². The van der Waals surface area contributed by atoms with E-state index in [1.165, 1.54) is 16.3 Å². The number of anilines is 1. The number of amidine groups is 1. The third kappa shape index (κ3) is 3.52. The molecule has 3 rings (SSSR count). The van der Waals surface area contributed by atoms with Gasteiger partial charge in [-0.1, -0.05) is 41.6 Å². The predicted octanol–water partition coefficient (Wildman–Crippen LogP) is 4.10. The molecule has 0 atom stereocenters. The third-order valence-electron chi connectivity index (χ3n) is 3.63. The topological polar surface area (TPSA) is 86.6 Å². The van der Waals surface area contributed by atoms with Crippen LogP contribution in [0.15, 0.2) is 77.1 Å². The van der Waals surface area contributed by atoms with Crippen LogP contribution in [0.25, 0.3) is 10.8 Å². The molecule has 114 valence electrons. The first kappa shape index (κ1) is 14.7. The minimum atomic E-state index is 0.0496. The van der Waals surface area contributed by atoms with Crippen LogP contribution in [0.2, 0.25) is 0 Å². The maximum Gasteiger partial charge on any atom is 0.176 e. The highest BCUT2D eigenvalue weighted by atomic mass is 15.3. The van der Waals surface area contributed by atoms with Crippen molar-refractivity contribution in [1.29, 1.82) is 5.41 Å². The summed E-state index contributed by atoms with van der Waals surface area (Å²) in [5.41, 5.74) is 2.88. The summed E-state index contributed by atoms with van der Waals surface area (Å²) < 4.78 is 0. The normalized spacial score (nSPS) is 11.0. The average Bonchev–Trinajstić information content (AvgIpc) is 2.60. The lowest BCUT2D eigenvalue weighted by Crippen LogP contribution is -2.00. The molecule has 0 aliphatic carbocycles. The number of hydrogen-bond acceptors (Lipinski definition) is 3. The molecule has 0 radical (unpaired) electrons. The van der Waals surface area contributed by atoms with E-state index < -0.39 is 0 Å². The zero-order valence-corrected chi connectivity index (χ0v) is 12.5. The molecule has 0 aromatic heterocycles. The van der Waals surface area contributed by atoms with E-state index in [0.29, 0.717) is 5.56 Å². The van der Waals surface area contributed by atoms with Crippen molar-refractivity contribution in [1.82, 2.24) is 0 Å². The van der Waals surface area contributed by atoms with Gasteiger partial charge in [0.05, 0.1) is 0 Å². The van der Waals surface area contributed by atoms with Gasteiger partial charge in [-0.2, -0.15) is 0 Å². The van der Waals surface area contributed by atoms with Crippen LogP contribution >= 0.6 is 0 Å². The predicted molar refractivity (Wildman–Crippen MR) is 93.6 cm³/mol. The fourth-order valence-electron chi connectivity index (χ4n) is 2.41. The Morgan fingerprint density at radius 1 is 0.957 bits per heavy atom. The molecule has 0 fully saturated rings. The smallest absolute Gasteiger partial charge is 0.176 e. The molecule has 0 heterocycles.